The Morgan fingerprint density at radius 1 is 1.44 bits per heavy atom. The minimum Gasteiger partial charge on any atom is -0.326 e. The quantitative estimate of drug-likeness (QED) is 0.840. The van der Waals surface area contributed by atoms with Gasteiger partial charge < -0.3 is 5.73 Å². The zero-order chi connectivity index (χ0) is 12.4. The van der Waals surface area contributed by atoms with Crippen LogP contribution in [-0.2, 0) is 9.84 Å². The van der Waals surface area contributed by atoms with Crippen molar-refractivity contribution in [3.8, 4) is 0 Å². The van der Waals surface area contributed by atoms with Crippen LogP contribution < -0.4 is 5.73 Å². The molecule has 0 amide bonds. The van der Waals surface area contributed by atoms with Crippen molar-refractivity contribution in [2.75, 3.05) is 17.8 Å². The average Bonchev–Trinajstić information content (AvgIpc) is 2.10. The van der Waals surface area contributed by atoms with E-state index in [4.69, 9.17) is 5.73 Å². The molecule has 0 spiro atoms. The molecular weight excluding hydrogens is 242 g/mol. The van der Waals surface area contributed by atoms with Gasteiger partial charge >= 0.3 is 0 Å². The lowest BCUT2D eigenvalue weighted by atomic mass is 9.73. The Hall–Kier alpha value is 0.260. The Kier molecular flexibility index (Phi) is 4.72. The van der Waals surface area contributed by atoms with Gasteiger partial charge in [-0.15, -0.1) is 0 Å². The van der Waals surface area contributed by atoms with E-state index in [9.17, 15) is 8.42 Å². The van der Waals surface area contributed by atoms with Crippen molar-refractivity contribution in [2.45, 2.75) is 44.4 Å². The van der Waals surface area contributed by atoms with Gasteiger partial charge in [0.15, 0.2) is 0 Å². The van der Waals surface area contributed by atoms with Gasteiger partial charge in [-0.1, -0.05) is 20.3 Å². The van der Waals surface area contributed by atoms with Gasteiger partial charge in [0.1, 0.15) is 9.84 Å². The number of hydrogen-bond donors (Lipinski definition) is 1. The molecule has 0 aromatic rings. The van der Waals surface area contributed by atoms with Crippen molar-refractivity contribution in [1.82, 2.24) is 0 Å². The molecule has 1 saturated carbocycles. The van der Waals surface area contributed by atoms with Crippen LogP contribution in [0.4, 0.5) is 0 Å². The summed E-state index contributed by atoms with van der Waals surface area (Å²) in [7, 11) is -2.83. The fourth-order valence-electron chi connectivity index (χ4n) is 2.15. The Balaban J connectivity index is 2.42. The monoisotopic (exact) mass is 265 g/mol. The van der Waals surface area contributed by atoms with Crippen molar-refractivity contribution in [3.05, 3.63) is 0 Å². The predicted octanol–water partition coefficient (Wildman–Crippen LogP) is 1.67. The summed E-state index contributed by atoms with van der Waals surface area (Å²) in [4.78, 5) is 0. The van der Waals surface area contributed by atoms with Crippen LogP contribution in [0.3, 0.4) is 0 Å². The van der Waals surface area contributed by atoms with Gasteiger partial charge in [0.25, 0.3) is 0 Å². The maximum Gasteiger partial charge on any atom is 0.148 e. The molecule has 2 N–H and O–H groups in total. The highest BCUT2D eigenvalue weighted by molar-refractivity contribution is 8.01. The van der Waals surface area contributed by atoms with Crippen LogP contribution >= 0.6 is 11.8 Å². The molecule has 0 aromatic heterocycles. The SMILES string of the molecule is CC1(C)CCCC(SCCS(C)(=O)=O)C1N. The second-order valence-corrected chi connectivity index (χ2v) is 9.05. The van der Waals surface area contributed by atoms with Crippen LogP contribution in [0.2, 0.25) is 0 Å². The van der Waals surface area contributed by atoms with Crippen LogP contribution in [0.1, 0.15) is 33.1 Å². The first-order valence-electron chi connectivity index (χ1n) is 5.77. The summed E-state index contributed by atoms with van der Waals surface area (Å²) in [6.07, 6.45) is 4.80. The summed E-state index contributed by atoms with van der Waals surface area (Å²) in [5.41, 5.74) is 6.43. The lowest BCUT2D eigenvalue weighted by Crippen LogP contribution is -2.48. The molecule has 1 aliphatic rings. The van der Waals surface area contributed by atoms with Crippen molar-refractivity contribution in [1.29, 1.82) is 0 Å². The minimum atomic E-state index is -2.83. The third kappa shape index (κ3) is 4.26. The fraction of sp³-hybridized carbons (Fsp3) is 1.00. The third-order valence-corrected chi connectivity index (χ3v) is 6.00. The predicted molar refractivity (Wildman–Crippen MR) is 71.6 cm³/mol. The largest absolute Gasteiger partial charge is 0.326 e. The summed E-state index contributed by atoms with van der Waals surface area (Å²) in [6, 6.07) is 0.186. The Bertz CT molecular complexity index is 325. The van der Waals surface area contributed by atoms with Crippen molar-refractivity contribution in [2.24, 2.45) is 11.1 Å². The maximum atomic E-state index is 11.0. The van der Waals surface area contributed by atoms with E-state index in [1.54, 1.807) is 11.8 Å². The molecule has 0 aliphatic heterocycles. The standard InChI is InChI=1S/C11H23NO2S2/c1-11(2)6-4-5-9(10(11)12)15-7-8-16(3,13)14/h9-10H,4-8,12H2,1-3H3. The van der Waals surface area contributed by atoms with Gasteiger partial charge in [-0.3, -0.25) is 0 Å². The van der Waals surface area contributed by atoms with Gasteiger partial charge in [-0.2, -0.15) is 11.8 Å². The molecule has 0 bridgehead atoms. The summed E-state index contributed by atoms with van der Waals surface area (Å²) < 4.78 is 22.1. The molecule has 5 heteroatoms. The van der Waals surface area contributed by atoms with Gasteiger partial charge in [0.05, 0.1) is 5.75 Å². The van der Waals surface area contributed by atoms with Gasteiger partial charge in [0, 0.05) is 23.3 Å². The van der Waals surface area contributed by atoms with E-state index < -0.39 is 9.84 Å². The van der Waals surface area contributed by atoms with E-state index in [1.165, 1.54) is 19.1 Å². The Morgan fingerprint density at radius 2 is 2.06 bits per heavy atom. The molecular formula is C11H23NO2S2. The first kappa shape index (κ1) is 14.3. The Labute approximate surface area is 103 Å². The zero-order valence-corrected chi connectivity index (χ0v) is 12.0. The zero-order valence-electron chi connectivity index (χ0n) is 10.4. The first-order chi connectivity index (χ1) is 7.22. The molecule has 1 fully saturated rings. The normalized spacial score (nSPS) is 30.2. The van der Waals surface area contributed by atoms with E-state index >= 15 is 0 Å². The summed E-state index contributed by atoms with van der Waals surface area (Å²) >= 11 is 1.73. The second-order valence-electron chi connectivity index (χ2n) is 5.45. The van der Waals surface area contributed by atoms with E-state index in [0.29, 0.717) is 11.0 Å². The lowest BCUT2D eigenvalue weighted by Gasteiger charge is -2.41. The summed E-state index contributed by atoms with van der Waals surface area (Å²) in [5, 5.41) is 0.422. The van der Waals surface area contributed by atoms with Crippen molar-refractivity contribution in [3.63, 3.8) is 0 Å². The number of nitrogens with two attached hydrogens (primary N) is 1. The van der Waals surface area contributed by atoms with Gasteiger partial charge in [0.2, 0.25) is 0 Å². The van der Waals surface area contributed by atoms with Crippen LogP contribution in [0.15, 0.2) is 0 Å². The van der Waals surface area contributed by atoms with E-state index in [0.717, 1.165) is 6.42 Å². The van der Waals surface area contributed by atoms with Crippen LogP contribution in [0.25, 0.3) is 0 Å². The van der Waals surface area contributed by atoms with Crippen LogP contribution in [0.5, 0.6) is 0 Å². The van der Waals surface area contributed by atoms with Gasteiger partial charge in [-0.05, 0) is 18.3 Å². The highest BCUT2D eigenvalue weighted by Crippen LogP contribution is 2.39. The first-order valence-corrected chi connectivity index (χ1v) is 8.88. The molecule has 3 nitrogen and oxygen atoms in total. The molecule has 96 valence electrons. The van der Waals surface area contributed by atoms with Crippen molar-refractivity contribution >= 4 is 21.6 Å². The molecule has 0 radical (unpaired) electrons. The van der Waals surface area contributed by atoms with E-state index in [1.807, 2.05) is 0 Å². The summed E-state index contributed by atoms with van der Waals surface area (Å²) in [6.45, 7) is 4.42. The molecule has 0 saturated heterocycles. The topological polar surface area (TPSA) is 60.2 Å². The smallest absolute Gasteiger partial charge is 0.148 e. The second kappa shape index (κ2) is 5.27. The number of rotatable bonds is 4. The van der Waals surface area contributed by atoms with Crippen LogP contribution in [0, 0.1) is 5.41 Å². The molecule has 2 atom stereocenters. The lowest BCUT2D eigenvalue weighted by molar-refractivity contribution is 0.209. The van der Waals surface area contributed by atoms with Crippen LogP contribution in [-0.4, -0.2) is 37.5 Å². The molecule has 1 rings (SSSR count). The molecule has 16 heavy (non-hydrogen) atoms. The highest BCUT2D eigenvalue weighted by Gasteiger charge is 2.36. The maximum absolute atomic E-state index is 11.0. The van der Waals surface area contributed by atoms with E-state index in [2.05, 4.69) is 13.8 Å². The van der Waals surface area contributed by atoms with Gasteiger partial charge in [-0.25, -0.2) is 8.42 Å². The summed E-state index contributed by atoms with van der Waals surface area (Å²) in [5.74, 6) is 0.939. The molecule has 0 aromatic carbocycles. The molecule has 2 unspecified atom stereocenters. The fourth-order valence-corrected chi connectivity index (χ4v) is 4.95. The highest BCUT2D eigenvalue weighted by atomic mass is 32.2. The number of sulfone groups is 1. The van der Waals surface area contributed by atoms with Crippen molar-refractivity contribution < 1.29 is 8.42 Å². The number of hydrogen-bond acceptors (Lipinski definition) is 4. The number of thioether (sulfide) groups is 1. The third-order valence-electron chi connectivity index (χ3n) is 3.40. The van der Waals surface area contributed by atoms with E-state index in [-0.39, 0.29) is 17.2 Å². The Morgan fingerprint density at radius 3 is 2.62 bits per heavy atom. The molecule has 1 aliphatic carbocycles. The minimum absolute atomic E-state index is 0.186. The molecule has 0 heterocycles. The average molecular weight is 265 g/mol.